The standard InChI is InChI=1S/C15H18ClN5O3/c1-15(2,3)8-13(22)18-14-12(20-24-21-14)9-17-23-19-11-6-4-5-10(16)7-11/h4-7,9,19H,8H2,1-3H3,(H,18,21,22)/b17-9+. The zero-order valence-corrected chi connectivity index (χ0v) is 14.3. The second-order valence-electron chi connectivity index (χ2n) is 6.22. The molecule has 0 unspecified atom stereocenters. The molecule has 2 rings (SSSR count). The van der Waals surface area contributed by atoms with Crippen molar-refractivity contribution in [3.8, 4) is 0 Å². The number of amides is 1. The average molecular weight is 352 g/mol. The van der Waals surface area contributed by atoms with Crippen LogP contribution in [0.3, 0.4) is 0 Å². The number of nitrogens with one attached hydrogen (secondary N) is 2. The largest absolute Gasteiger partial charge is 0.306 e. The van der Waals surface area contributed by atoms with Crippen molar-refractivity contribution in [2.45, 2.75) is 27.2 Å². The summed E-state index contributed by atoms with van der Waals surface area (Å²) >= 11 is 5.85. The third kappa shape index (κ3) is 5.88. The van der Waals surface area contributed by atoms with Gasteiger partial charge in [-0.3, -0.25) is 9.73 Å². The summed E-state index contributed by atoms with van der Waals surface area (Å²) in [7, 11) is 0. The lowest BCUT2D eigenvalue weighted by atomic mass is 9.92. The smallest absolute Gasteiger partial charge is 0.226 e. The molecule has 1 amide bonds. The Morgan fingerprint density at radius 2 is 2.21 bits per heavy atom. The van der Waals surface area contributed by atoms with Crippen molar-refractivity contribution in [3.63, 3.8) is 0 Å². The van der Waals surface area contributed by atoms with E-state index in [0.717, 1.165) is 0 Å². The highest BCUT2D eigenvalue weighted by molar-refractivity contribution is 6.30. The van der Waals surface area contributed by atoms with Crippen LogP contribution in [0.5, 0.6) is 0 Å². The van der Waals surface area contributed by atoms with E-state index in [1.807, 2.05) is 20.8 Å². The maximum absolute atomic E-state index is 11.9. The van der Waals surface area contributed by atoms with E-state index in [0.29, 0.717) is 17.1 Å². The minimum atomic E-state index is -0.189. The highest BCUT2D eigenvalue weighted by Crippen LogP contribution is 2.19. The quantitative estimate of drug-likeness (QED) is 0.610. The highest BCUT2D eigenvalue weighted by Gasteiger charge is 2.18. The minimum Gasteiger partial charge on any atom is -0.306 e. The van der Waals surface area contributed by atoms with Crippen molar-refractivity contribution in [2.75, 3.05) is 10.8 Å². The number of aromatic nitrogens is 2. The van der Waals surface area contributed by atoms with E-state index in [4.69, 9.17) is 16.5 Å². The van der Waals surface area contributed by atoms with Crippen molar-refractivity contribution >= 4 is 35.2 Å². The van der Waals surface area contributed by atoms with Gasteiger partial charge in [0, 0.05) is 11.4 Å². The van der Waals surface area contributed by atoms with Gasteiger partial charge in [-0.1, -0.05) is 43.6 Å². The van der Waals surface area contributed by atoms with E-state index in [1.165, 1.54) is 6.21 Å². The van der Waals surface area contributed by atoms with E-state index in [-0.39, 0.29) is 22.8 Å². The van der Waals surface area contributed by atoms with E-state index >= 15 is 0 Å². The van der Waals surface area contributed by atoms with Crippen LogP contribution in [-0.4, -0.2) is 22.4 Å². The summed E-state index contributed by atoms with van der Waals surface area (Å²) in [6.07, 6.45) is 1.60. The Hall–Kier alpha value is -2.61. The molecule has 0 saturated heterocycles. The molecule has 24 heavy (non-hydrogen) atoms. The molecule has 0 aliphatic rings. The molecule has 0 radical (unpaired) electrons. The fraction of sp³-hybridized carbons (Fsp3) is 0.333. The fourth-order valence-electron chi connectivity index (χ4n) is 1.73. The summed E-state index contributed by atoms with van der Waals surface area (Å²) in [5, 5.41) is 14.2. The molecular weight excluding hydrogens is 334 g/mol. The molecule has 0 saturated carbocycles. The first-order valence-corrected chi connectivity index (χ1v) is 7.55. The molecule has 1 heterocycles. The zero-order chi connectivity index (χ0) is 17.6. The molecule has 0 bridgehead atoms. The Balaban J connectivity index is 1.89. The molecule has 2 aromatic rings. The summed E-state index contributed by atoms with van der Waals surface area (Å²) in [4.78, 5) is 16.8. The molecule has 0 fully saturated rings. The van der Waals surface area contributed by atoms with Crippen LogP contribution in [-0.2, 0) is 9.73 Å². The Labute approximate surface area is 144 Å². The molecule has 2 N–H and O–H groups in total. The molecule has 128 valence electrons. The van der Waals surface area contributed by atoms with Gasteiger partial charge in [-0.25, -0.2) is 4.63 Å². The molecule has 9 heteroatoms. The van der Waals surface area contributed by atoms with Crippen molar-refractivity contribution in [3.05, 3.63) is 35.0 Å². The van der Waals surface area contributed by atoms with E-state index in [2.05, 4.69) is 30.9 Å². The minimum absolute atomic E-state index is 0.139. The normalized spacial score (nSPS) is 11.5. The SMILES string of the molecule is CC(C)(C)CC(=O)Nc1nonc1/C=N/ONc1cccc(Cl)c1. The van der Waals surface area contributed by atoms with Gasteiger partial charge in [0.25, 0.3) is 0 Å². The monoisotopic (exact) mass is 351 g/mol. The Bertz CT molecular complexity index is 724. The van der Waals surface area contributed by atoms with Crippen LogP contribution >= 0.6 is 11.6 Å². The lowest BCUT2D eigenvalue weighted by Crippen LogP contribution is -2.20. The summed E-state index contributed by atoms with van der Waals surface area (Å²) in [5.74, 6) is -0.00910. The number of rotatable bonds is 6. The van der Waals surface area contributed by atoms with Gasteiger partial charge < -0.3 is 5.32 Å². The van der Waals surface area contributed by atoms with Crippen LogP contribution in [0.4, 0.5) is 11.5 Å². The van der Waals surface area contributed by atoms with Gasteiger partial charge in [0.05, 0.1) is 5.69 Å². The maximum atomic E-state index is 11.9. The van der Waals surface area contributed by atoms with Crippen LogP contribution in [0.1, 0.15) is 32.9 Å². The predicted molar refractivity (Wildman–Crippen MR) is 90.8 cm³/mol. The number of oxime groups is 1. The summed E-state index contributed by atoms with van der Waals surface area (Å²) in [6.45, 7) is 5.89. The van der Waals surface area contributed by atoms with Crippen LogP contribution in [0, 0.1) is 5.41 Å². The predicted octanol–water partition coefficient (Wildman–Crippen LogP) is 3.48. The van der Waals surface area contributed by atoms with Gasteiger partial charge in [0.2, 0.25) is 11.7 Å². The lowest BCUT2D eigenvalue weighted by Gasteiger charge is -2.16. The number of anilines is 2. The molecular formula is C15H18ClN5O3. The fourth-order valence-corrected chi connectivity index (χ4v) is 1.92. The average Bonchev–Trinajstić information content (AvgIpc) is 2.89. The molecule has 0 aliphatic heterocycles. The van der Waals surface area contributed by atoms with Crippen LogP contribution < -0.4 is 10.8 Å². The zero-order valence-electron chi connectivity index (χ0n) is 13.5. The number of hydrogen-bond donors (Lipinski definition) is 2. The van der Waals surface area contributed by atoms with Gasteiger partial charge in [-0.05, 0) is 33.9 Å². The first kappa shape index (κ1) is 17.7. The van der Waals surface area contributed by atoms with Crippen molar-refractivity contribution in [1.29, 1.82) is 0 Å². The van der Waals surface area contributed by atoms with Crippen LogP contribution in [0.25, 0.3) is 0 Å². The molecule has 8 nitrogen and oxygen atoms in total. The van der Waals surface area contributed by atoms with Crippen LogP contribution in [0.2, 0.25) is 5.02 Å². The third-order valence-electron chi connectivity index (χ3n) is 2.68. The van der Waals surface area contributed by atoms with E-state index in [9.17, 15) is 4.79 Å². The van der Waals surface area contributed by atoms with Gasteiger partial charge in [0.15, 0.2) is 5.69 Å². The molecule has 0 aliphatic carbocycles. The van der Waals surface area contributed by atoms with Gasteiger partial charge in [-0.15, -0.1) is 0 Å². The number of benzene rings is 1. The molecule has 0 spiro atoms. The lowest BCUT2D eigenvalue weighted by molar-refractivity contribution is -0.117. The number of halogens is 1. The van der Waals surface area contributed by atoms with Gasteiger partial charge in [0.1, 0.15) is 6.21 Å². The maximum Gasteiger partial charge on any atom is 0.226 e. The van der Waals surface area contributed by atoms with Crippen molar-refractivity contribution < 1.29 is 14.4 Å². The molecule has 0 atom stereocenters. The molecule has 1 aromatic heterocycles. The summed E-state index contributed by atoms with van der Waals surface area (Å²) in [6, 6.07) is 6.94. The second-order valence-corrected chi connectivity index (χ2v) is 6.66. The summed E-state index contributed by atoms with van der Waals surface area (Å²) in [5.41, 5.74) is 3.33. The topological polar surface area (TPSA) is 102 Å². The molecule has 1 aromatic carbocycles. The van der Waals surface area contributed by atoms with E-state index < -0.39 is 0 Å². The first-order chi connectivity index (χ1) is 11.3. The number of carbonyl (C=O) groups excluding carboxylic acids is 1. The second kappa shape index (κ2) is 7.78. The number of carbonyl (C=O) groups is 1. The Kier molecular flexibility index (Phi) is 5.75. The van der Waals surface area contributed by atoms with Gasteiger partial charge in [-0.2, -0.15) is 5.48 Å². The number of hydrogen-bond acceptors (Lipinski definition) is 7. The Morgan fingerprint density at radius 3 is 2.92 bits per heavy atom. The number of nitrogens with zero attached hydrogens (tertiary/aromatic N) is 3. The highest BCUT2D eigenvalue weighted by atomic mass is 35.5. The third-order valence-corrected chi connectivity index (χ3v) is 2.91. The van der Waals surface area contributed by atoms with E-state index in [1.54, 1.807) is 24.3 Å². The van der Waals surface area contributed by atoms with Crippen molar-refractivity contribution in [2.24, 2.45) is 10.6 Å². The van der Waals surface area contributed by atoms with Crippen molar-refractivity contribution in [1.82, 2.24) is 10.3 Å². The van der Waals surface area contributed by atoms with Crippen LogP contribution in [0.15, 0.2) is 34.1 Å². The summed E-state index contributed by atoms with van der Waals surface area (Å²) < 4.78 is 4.61. The van der Waals surface area contributed by atoms with Gasteiger partial charge >= 0.3 is 0 Å². The first-order valence-electron chi connectivity index (χ1n) is 7.17. The Morgan fingerprint density at radius 1 is 1.42 bits per heavy atom.